The summed E-state index contributed by atoms with van der Waals surface area (Å²) >= 11 is 0. The van der Waals surface area contributed by atoms with Gasteiger partial charge in [-0.25, -0.2) is 9.97 Å². The Morgan fingerprint density at radius 3 is 2.62 bits per heavy atom. The zero-order valence-corrected chi connectivity index (χ0v) is 24.8. The Labute approximate surface area is 247 Å². The molecule has 0 radical (unpaired) electrons. The zero-order valence-electron chi connectivity index (χ0n) is 24.8. The minimum absolute atomic E-state index is 0.00326. The molecule has 0 saturated heterocycles. The van der Waals surface area contributed by atoms with Crippen molar-refractivity contribution in [2.75, 3.05) is 36.9 Å². The molecule has 1 aromatic heterocycles. The van der Waals surface area contributed by atoms with Gasteiger partial charge in [0.15, 0.2) is 0 Å². The summed E-state index contributed by atoms with van der Waals surface area (Å²) in [5, 5.41) is 17.0. The first-order chi connectivity index (χ1) is 20.1. The second-order valence-electron chi connectivity index (χ2n) is 11.7. The molecule has 3 aromatic rings. The van der Waals surface area contributed by atoms with E-state index in [-0.39, 0.29) is 25.5 Å². The van der Waals surface area contributed by atoms with Gasteiger partial charge in [-0.3, -0.25) is 14.5 Å². The van der Waals surface area contributed by atoms with Crippen molar-refractivity contribution in [2.24, 2.45) is 5.92 Å². The van der Waals surface area contributed by atoms with Gasteiger partial charge in [-0.1, -0.05) is 36.4 Å². The number of fused-ring (bicyclic) bond motifs is 1. The van der Waals surface area contributed by atoms with Crippen LogP contribution in [0.25, 0.3) is 10.9 Å². The lowest BCUT2D eigenvalue weighted by molar-refractivity contribution is -0.156. The van der Waals surface area contributed by atoms with Crippen molar-refractivity contribution in [1.82, 2.24) is 14.9 Å². The maximum absolute atomic E-state index is 13.0. The highest BCUT2D eigenvalue weighted by Gasteiger charge is 2.23. The van der Waals surface area contributed by atoms with Crippen molar-refractivity contribution < 1.29 is 24.2 Å². The number of aromatic nitrogens is 2. The summed E-state index contributed by atoms with van der Waals surface area (Å²) in [4.78, 5) is 35.9. The van der Waals surface area contributed by atoms with E-state index in [1.54, 1.807) is 38.7 Å². The van der Waals surface area contributed by atoms with Gasteiger partial charge in [-0.2, -0.15) is 0 Å². The zero-order chi connectivity index (χ0) is 30.1. The Bertz CT molecular complexity index is 1380. The highest BCUT2D eigenvalue weighted by molar-refractivity contribution is 6.03. The molecule has 0 bridgehead atoms. The number of amides is 1. The molecule has 1 aliphatic rings. The number of aliphatic hydroxyl groups is 1. The molecule has 3 N–H and O–H groups in total. The maximum atomic E-state index is 13.0. The number of nitrogens with one attached hydrogen (secondary N) is 2. The van der Waals surface area contributed by atoms with Crippen LogP contribution in [0.3, 0.4) is 0 Å². The molecule has 0 spiro atoms. The number of nitrogens with zero attached hydrogens (tertiary/aromatic N) is 3. The van der Waals surface area contributed by atoms with Crippen molar-refractivity contribution in [2.45, 2.75) is 58.8 Å². The normalized spacial score (nSPS) is 14.2. The molecule has 1 heterocycles. The molecule has 1 fully saturated rings. The number of rotatable bonds is 14. The van der Waals surface area contributed by atoms with E-state index < -0.39 is 17.7 Å². The van der Waals surface area contributed by atoms with Crippen LogP contribution in [-0.4, -0.2) is 69.8 Å². The van der Waals surface area contributed by atoms with E-state index in [1.807, 2.05) is 42.5 Å². The average Bonchev–Trinajstić information content (AvgIpc) is 3.74. The number of ether oxygens (including phenoxy) is 2. The summed E-state index contributed by atoms with van der Waals surface area (Å²) in [5.41, 5.74) is 1.73. The molecule has 0 aliphatic heterocycles. The number of benzene rings is 2. The Balaban J connectivity index is 1.48. The third-order valence-electron chi connectivity index (χ3n) is 6.40. The van der Waals surface area contributed by atoms with E-state index in [4.69, 9.17) is 9.47 Å². The molecular formula is C32H41N5O5. The van der Waals surface area contributed by atoms with Gasteiger partial charge in [0.1, 0.15) is 23.5 Å². The van der Waals surface area contributed by atoms with Crippen LogP contribution < -0.4 is 15.4 Å². The Morgan fingerprint density at radius 2 is 1.93 bits per heavy atom. The highest BCUT2D eigenvalue weighted by atomic mass is 16.6. The summed E-state index contributed by atoms with van der Waals surface area (Å²) in [5.74, 6) is 0.982. The predicted octanol–water partition coefficient (Wildman–Crippen LogP) is 4.55. The summed E-state index contributed by atoms with van der Waals surface area (Å²) < 4.78 is 11.5. The van der Waals surface area contributed by atoms with Crippen molar-refractivity contribution in [3.63, 3.8) is 0 Å². The third-order valence-corrected chi connectivity index (χ3v) is 6.40. The number of carbonyl (C=O) groups is 2. The standard InChI is InChI=1S/C32H41N5O5/c1-22(38)18-37(19-30(40)42-32(2,3)4)14-8-11-29(39)36-27-15-25-26(16-28(27)41-20-24-12-13-24)34-21-35-31(25)33-17-23-9-6-5-7-10-23/h5-11,15-16,21-22,24,38H,12-14,17-20H2,1-4H3,(H,36,39)(H,33,34,35)/t22-/m1/s1. The number of esters is 1. The Hall–Kier alpha value is -4.02. The number of aliphatic hydroxyl groups excluding tert-OH is 1. The second-order valence-corrected chi connectivity index (χ2v) is 11.7. The van der Waals surface area contributed by atoms with E-state index >= 15 is 0 Å². The van der Waals surface area contributed by atoms with Gasteiger partial charge in [-0.15, -0.1) is 0 Å². The van der Waals surface area contributed by atoms with Crippen LogP contribution in [0.2, 0.25) is 0 Å². The van der Waals surface area contributed by atoms with Gasteiger partial charge in [0.25, 0.3) is 0 Å². The molecule has 2 aromatic carbocycles. The van der Waals surface area contributed by atoms with Crippen molar-refractivity contribution in [3.8, 4) is 5.75 Å². The van der Waals surface area contributed by atoms with Crippen LogP contribution in [-0.2, 0) is 20.9 Å². The molecule has 42 heavy (non-hydrogen) atoms. The molecule has 1 amide bonds. The molecular weight excluding hydrogens is 534 g/mol. The SMILES string of the molecule is C[C@@H](O)CN(CC=CC(=O)Nc1cc2c(NCc3ccccc3)ncnc2cc1OCC1CC1)CC(=O)OC(C)(C)C. The van der Waals surface area contributed by atoms with E-state index in [0.717, 1.165) is 23.8 Å². The van der Waals surface area contributed by atoms with Crippen LogP contribution in [0.1, 0.15) is 46.1 Å². The summed E-state index contributed by atoms with van der Waals surface area (Å²) in [6.07, 6.45) is 6.21. The van der Waals surface area contributed by atoms with Gasteiger partial charge in [0, 0.05) is 37.2 Å². The number of anilines is 2. The minimum atomic E-state index is -0.648. The lowest BCUT2D eigenvalue weighted by Gasteiger charge is -2.25. The van der Waals surface area contributed by atoms with Crippen LogP contribution in [0.15, 0.2) is 60.9 Å². The highest BCUT2D eigenvalue weighted by Crippen LogP contribution is 2.35. The lowest BCUT2D eigenvalue weighted by atomic mass is 10.1. The molecule has 10 heteroatoms. The van der Waals surface area contributed by atoms with Crippen LogP contribution in [0, 0.1) is 5.92 Å². The summed E-state index contributed by atoms with van der Waals surface area (Å²) in [7, 11) is 0. The molecule has 4 rings (SSSR count). The van der Waals surface area contributed by atoms with E-state index in [1.165, 1.54) is 12.4 Å². The molecule has 1 saturated carbocycles. The van der Waals surface area contributed by atoms with Crippen LogP contribution in [0.5, 0.6) is 5.75 Å². The molecule has 0 unspecified atom stereocenters. The summed E-state index contributed by atoms with van der Waals surface area (Å²) in [6.45, 7) is 8.76. The average molecular weight is 576 g/mol. The quantitative estimate of drug-likeness (QED) is 0.187. The van der Waals surface area contributed by atoms with E-state index in [9.17, 15) is 14.7 Å². The van der Waals surface area contributed by atoms with Crippen molar-refractivity contribution in [3.05, 3.63) is 66.5 Å². The molecule has 1 atom stereocenters. The van der Waals surface area contributed by atoms with Gasteiger partial charge in [-0.05, 0) is 58.1 Å². The first-order valence-electron chi connectivity index (χ1n) is 14.3. The van der Waals surface area contributed by atoms with Crippen LogP contribution >= 0.6 is 0 Å². The fourth-order valence-electron chi connectivity index (χ4n) is 4.33. The molecule has 1 aliphatic carbocycles. The smallest absolute Gasteiger partial charge is 0.320 e. The number of hydrogen-bond acceptors (Lipinski definition) is 9. The number of hydrogen-bond donors (Lipinski definition) is 3. The minimum Gasteiger partial charge on any atom is -0.491 e. The largest absolute Gasteiger partial charge is 0.491 e. The second kappa shape index (κ2) is 14.2. The Kier molecular flexibility index (Phi) is 10.5. The Morgan fingerprint density at radius 1 is 1.17 bits per heavy atom. The lowest BCUT2D eigenvalue weighted by Crippen LogP contribution is -2.38. The van der Waals surface area contributed by atoms with E-state index in [2.05, 4.69) is 20.6 Å². The topological polar surface area (TPSA) is 126 Å². The molecule has 10 nitrogen and oxygen atoms in total. The van der Waals surface area contributed by atoms with Gasteiger partial charge in [0.2, 0.25) is 5.91 Å². The van der Waals surface area contributed by atoms with Crippen LogP contribution in [0.4, 0.5) is 11.5 Å². The first-order valence-corrected chi connectivity index (χ1v) is 14.3. The molecule has 224 valence electrons. The van der Waals surface area contributed by atoms with Gasteiger partial charge in [0.05, 0.1) is 30.5 Å². The van der Waals surface area contributed by atoms with Crippen molar-refractivity contribution in [1.29, 1.82) is 0 Å². The van der Waals surface area contributed by atoms with Gasteiger partial charge >= 0.3 is 5.97 Å². The first kappa shape index (κ1) is 30.9. The third kappa shape index (κ3) is 10.1. The fraction of sp³-hybridized carbons (Fsp3) is 0.438. The van der Waals surface area contributed by atoms with E-state index in [0.29, 0.717) is 41.8 Å². The summed E-state index contributed by atoms with van der Waals surface area (Å²) in [6, 6.07) is 13.7. The fourth-order valence-corrected chi connectivity index (χ4v) is 4.33. The van der Waals surface area contributed by atoms with Crippen molar-refractivity contribution >= 4 is 34.3 Å². The van der Waals surface area contributed by atoms with Gasteiger partial charge < -0.3 is 25.2 Å². The predicted molar refractivity (Wildman–Crippen MR) is 163 cm³/mol. The monoisotopic (exact) mass is 575 g/mol. The number of carbonyl (C=O) groups excluding carboxylic acids is 2. The maximum Gasteiger partial charge on any atom is 0.320 e.